The summed E-state index contributed by atoms with van der Waals surface area (Å²) in [7, 11) is 0. The minimum Gasteiger partial charge on any atom is -0.376 e. The molecule has 5 nitrogen and oxygen atoms in total. The van der Waals surface area contributed by atoms with Crippen molar-refractivity contribution in [3.05, 3.63) is 36.2 Å². The van der Waals surface area contributed by atoms with E-state index in [0.717, 1.165) is 24.7 Å². The normalized spacial score (nSPS) is 15.5. The summed E-state index contributed by atoms with van der Waals surface area (Å²) in [6.45, 7) is 2.63. The van der Waals surface area contributed by atoms with Gasteiger partial charge in [-0.2, -0.15) is 4.98 Å². The third kappa shape index (κ3) is 3.05. The van der Waals surface area contributed by atoms with Gasteiger partial charge in [-0.05, 0) is 36.6 Å². The van der Waals surface area contributed by atoms with E-state index in [1.54, 1.807) is 0 Å². The van der Waals surface area contributed by atoms with Crippen LogP contribution in [0.25, 0.3) is 0 Å². The zero-order valence-electron chi connectivity index (χ0n) is 10.9. The predicted molar refractivity (Wildman–Crippen MR) is 74.1 cm³/mol. The molecular weight excluding hydrogens is 240 g/mol. The molecule has 5 heteroatoms. The lowest BCUT2D eigenvalue weighted by molar-refractivity contribution is 0.381. The Hall–Kier alpha value is -2.04. The summed E-state index contributed by atoms with van der Waals surface area (Å²) in [4.78, 5) is 6.63. The van der Waals surface area contributed by atoms with Gasteiger partial charge in [0.05, 0.1) is 6.54 Å². The molecule has 2 aromatic rings. The zero-order valence-corrected chi connectivity index (χ0v) is 10.9. The van der Waals surface area contributed by atoms with Gasteiger partial charge in [-0.25, -0.2) is 0 Å². The number of nitrogens with zero attached hydrogens (tertiary/aromatic N) is 3. The summed E-state index contributed by atoms with van der Waals surface area (Å²) in [5, 5.41) is 7.31. The lowest BCUT2D eigenvalue weighted by Crippen LogP contribution is -2.30. The van der Waals surface area contributed by atoms with Crippen LogP contribution in [-0.4, -0.2) is 23.2 Å². The smallest absolute Gasteiger partial charge is 0.266 e. The van der Waals surface area contributed by atoms with Crippen LogP contribution < -0.4 is 10.2 Å². The number of piperidine rings is 1. The maximum absolute atomic E-state index is 5.27. The average molecular weight is 258 g/mol. The van der Waals surface area contributed by atoms with Crippen LogP contribution in [0.15, 0.2) is 34.9 Å². The fraction of sp³-hybridized carbons (Fsp3) is 0.429. The molecule has 0 bridgehead atoms. The van der Waals surface area contributed by atoms with E-state index < -0.39 is 0 Å². The van der Waals surface area contributed by atoms with Crippen LogP contribution in [0.1, 0.15) is 25.2 Å². The first-order chi connectivity index (χ1) is 9.42. The number of hydrogen-bond donors (Lipinski definition) is 1. The number of benzene rings is 1. The molecular formula is C14H18N4O. The van der Waals surface area contributed by atoms with Crippen molar-refractivity contribution < 1.29 is 4.52 Å². The summed E-state index contributed by atoms with van der Waals surface area (Å²) in [5.74, 6) is 1.36. The maximum Gasteiger partial charge on any atom is 0.266 e. The Morgan fingerprint density at radius 3 is 2.68 bits per heavy atom. The minimum atomic E-state index is 0.560. The van der Waals surface area contributed by atoms with Gasteiger partial charge in [0, 0.05) is 18.8 Å². The molecule has 0 saturated carbocycles. The molecule has 0 radical (unpaired) electrons. The lowest BCUT2D eigenvalue weighted by Gasteiger charge is -2.24. The number of hydrogen-bond acceptors (Lipinski definition) is 5. The Labute approximate surface area is 112 Å². The second-order valence-electron chi connectivity index (χ2n) is 4.76. The largest absolute Gasteiger partial charge is 0.376 e. The summed E-state index contributed by atoms with van der Waals surface area (Å²) < 4.78 is 5.27. The highest BCUT2D eigenvalue weighted by atomic mass is 16.5. The standard InChI is InChI=1S/C14H18N4O/c1-3-7-12(8-4-1)15-11-13-16-14(17-19-13)18-9-5-2-6-10-18/h1,3-4,7-8,15H,2,5-6,9-11H2. The highest BCUT2D eigenvalue weighted by Crippen LogP contribution is 2.16. The van der Waals surface area contributed by atoms with Crippen molar-refractivity contribution in [2.24, 2.45) is 0 Å². The van der Waals surface area contributed by atoms with E-state index in [-0.39, 0.29) is 0 Å². The Balaban J connectivity index is 1.58. The van der Waals surface area contributed by atoms with Crippen molar-refractivity contribution in [1.29, 1.82) is 0 Å². The second kappa shape index (κ2) is 5.73. The number of anilines is 2. The first-order valence-corrected chi connectivity index (χ1v) is 6.78. The van der Waals surface area contributed by atoms with E-state index in [1.165, 1.54) is 19.3 Å². The van der Waals surface area contributed by atoms with Crippen LogP contribution >= 0.6 is 0 Å². The molecule has 1 saturated heterocycles. The number of para-hydroxylation sites is 1. The number of nitrogens with one attached hydrogen (secondary N) is 1. The van der Waals surface area contributed by atoms with Gasteiger partial charge in [0.15, 0.2) is 0 Å². The van der Waals surface area contributed by atoms with Crippen molar-refractivity contribution in [2.45, 2.75) is 25.8 Å². The Morgan fingerprint density at radius 2 is 1.89 bits per heavy atom. The molecule has 0 unspecified atom stereocenters. The number of rotatable bonds is 4. The number of aromatic nitrogens is 2. The van der Waals surface area contributed by atoms with Crippen LogP contribution in [0, 0.1) is 0 Å². The van der Waals surface area contributed by atoms with E-state index in [1.807, 2.05) is 30.3 Å². The molecule has 0 atom stereocenters. The topological polar surface area (TPSA) is 54.2 Å². The van der Waals surface area contributed by atoms with Crippen molar-refractivity contribution in [3.8, 4) is 0 Å². The Kier molecular flexibility index (Phi) is 3.63. The third-order valence-corrected chi connectivity index (χ3v) is 3.31. The van der Waals surface area contributed by atoms with Gasteiger partial charge in [-0.1, -0.05) is 18.2 Å². The third-order valence-electron chi connectivity index (χ3n) is 3.31. The molecule has 1 aromatic carbocycles. The average Bonchev–Trinajstić information content (AvgIpc) is 2.96. The molecule has 1 aliphatic rings. The van der Waals surface area contributed by atoms with E-state index >= 15 is 0 Å². The lowest BCUT2D eigenvalue weighted by atomic mass is 10.1. The molecule has 0 aliphatic carbocycles. The van der Waals surface area contributed by atoms with Gasteiger partial charge in [0.2, 0.25) is 5.89 Å². The summed E-state index contributed by atoms with van der Waals surface area (Å²) in [5.41, 5.74) is 1.06. The van der Waals surface area contributed by atoms with E-state index in [0.29, 0.717) is 12.4 Å². The molecule has 2 heterocycles. The van der Waals surface area contributed by atoms with Crippen molar-refractivity contribution in [2.75, 3.05) is 23.3 Å². The zero-order chi connectivity index (χ0) is 12.9. The summed E-state index contributed by atoms with van der Waals surface area (Å²) in [6.07, 6.45) is 3.73. The Morgan fingerprint density at radius 1 is 1.11 bits per heavy atom. The van der Waals surface area contributed by atoms with Crippen LogP contribution in [0.4, 0.5) is 11.6 Å². The van der Waals surface area contributed by atoms with Crippen LogP contribution in [-0.2, 0) is 6.54 Å². The molecule has 19 heavy (non-hydrogen) atoms. The molecule has 3 rings (SSSR count). The molecule has 1 N–H and O–H groups in total. The highest BCUT2D eigenvalue weighted by molar-refractivity contribution is 5.42. The minimum absolute atomic E-state index is 0.560. The molecule has 0 amide bonds. The first kappa shape index (κ1) is 12.0. The van der Waals surface area contributed by atoms with Crippen LogP contribution in [0.2, 0.25) is 0 Å². The fourth-order valence-electron chi connectivity index (χ4n) is 2.27. The first-order valence-electron chi connectivity index (χ1n) is 6.78. The van der Waals surface area contributed by atoms with Crippen molar-refractivity contribution >= 4 is 11.6 Å². The summed E-state index contributed by atoms with van der Waals surface area (Å²) in [6, 6.07) is 10.0. The second-order valence-corrected chi connectivity index (χ2v) is 4.76. The molecule has 0 spiro atoms. The fourth-order valence-corrected chi connectivity index (χ4v) is 2.27. The van der Waals surface area contributed by atoms with Gasteiger partial charge in [-0.3, -0.25) is 0 Å². The molecule has 1 aromatic heterocycles. The SMILES string of the molecule is c1ccc(NCc2nc(N3CCCCC3)no2)cc1. The van der Waals surface area contributed by atoms with E-state index in [4.69, 9.17) is 4.52 Å². The van der Waals surface area contributed by atoms with Gasteiger partial charge < -0.3 is 14.7 Å². The van der Waals surface area contributed by atoms with Gasteiger partial charge in [-0.15, -0.1) is 0 Å². The van der Waals surface area contributed by atoms with Gasteiger partial charge in [0.25, 0.3) is 5.95 Å². The van der Waals surface area contributed by atoms with Crippen LogP contribution in [0.5, 0.6) is 0 Å². The summed E-state index contributed by atoms with van der Waals surface area (Å²) >= 11 is 0. The maximum atomic E-state index is 5.27. The van der Waals surface area contributed by atoms with Gasteiger partial charge in [0.1, 0.15) is 0 Å². The predicted octanol–water partition coefficient (Wildman–Crippen LogP) is 2.67. The van der Waals surface area contributed by atoms with Crippen LogP contribution in [0.3, 0.4) is 0 Å². The molecule has 1 aliphatic heterocycles. The highest BCUT2D eigenvalue weighted by Gasteiger charge is 2.16. The monoisotopic (exact) mass is 258 g/mol. The quantitative estimate of drug-likeness (QED) is 0.913. The van der Waals surface area contributed by atoms with E-state index in [2.05, 4.69) is 20.4 Å². The van der Waals surface area contributed by atoms with E-state index in [9.17, 15) is 0 Å². The van der Waals surface area contributed by atoms with Crippen molar-refractivity contribution in [3.63, 3.8) is 0 Å². The molecule has 100 valence electrons. The Bertz CT molecular complexity index is 505. The van der Waals surface area contributed by atoms with Crippen molar-refractivity contribution in [1.82, 2.24) is 10.1 Å². The molecule has 1 fully saturated rings. The van der Waals surface area contributed by atoms with Gasteiger partial charge >= 0.3 is 0 Å².